The van der Waals surface area contributed by atoms with Crippen molar-refractivity contribution >= 4 is 13.6 Å². The molecule has 0 saturated heterocycles. The highest BCUT2D eigenvalue weighted by Crippen LogP contribution is 2.43. The minimum atomic E-state index is -4.51. The fourth-order valence-corrected chi connectivity index (χ4v) is 2.02. The topological polar surface area (TPSA) is 118 Å². The van der Waals surface area contributed by atoms with Gasteiger partial charge in [0.1, 0.15) is 11.8 Å². The average Bonchev–Trinajstić information content (AvgIpc) is 2.02. The molecule has 0 aromatic heterocycles. The van der Waals surface area contributed by atoms with Crippen molar-refractivity contribution in [1.82, 2.24) is 4.90 Å². The smallest absolute Gasteiger partial charge is 0.346 e. The average molecular weight is 239 g/mol. The number of hydrogen-bond acceptors (Lipinski definition) is 4. The molecule has 0 aliphatic carbocycles. The Bertz CT molecular complexity index is 287. The number of rotatable bonds is 6. The maximum atomic E-state index is 11.0. The molecular formula is C7H14NO6P. The van der Waals surface area contributed by atoms with E-state index in [1.54, 1.807) is 0 Å². The van der Waals surface area contributed by atoms with Crippen LogP contribution in [-0.2, 0) is 9.36 Å². The lowest BCUT2D eigenvalue weighted by Gasteiger charge is -2.29. The van der Waals surface area contributed by atoms with Gasteiger partial charge in [0, 0.05) is 0 Å². The van der Waals surface area contributed by atoms with Crippen LogP contribution >= 0.6 is 7.60 Å². The standard InChI is InChI=1S/C7H14NO6P/c1-3-6(15(12,13)14)8(2)5(4-9)7(10)11/h3,5-6,9H,1,4H2,2H3,(H,10,11)(H2,12,13,14). The summed E-state index contributed by atoms with van der Waals surface area (Å²) in [6.07, 6.45) is 0.951. The first-order valence-electron chi connectivity index (χ1n) is 3.99. The van der Waals surface area contributed by atoms with Gasteiger partial charge in [0.25, 0.3) is 0 Å². The number of carboxylic acid groups (broad SMARTS) is 1. The second-order valence-electron chi connectivity index (χ2n) is 2.94. The Labute approximate surface area is 86.8 Å². The molecule has 0 radical (unpaired) electrons. The second kappa shape index (κ2) is 5.39. The van der Waals surface area contributed by atoms with Gasteiger partial charge in [0.15, 0.2) is 0 Å². The van der Waals surface area contributed by atoms with Crippen LogP contribution in [0.3, 0.4) is 0 Å². The summed E-state index contributed by atoms with van der Waals surface area (Å²) in [4.78, 5) is 29.3. The van der Waals surface area contributed by atoms with Gasteiger partial charge in [-0.3, -0.25) is 14.3 Å². The number of nitrogens with zero attached hydrogens (tertiary/aromatic N) is 1. The normalized spacial score (nSPS) is 16.1. The number of aliphatic hydroxyl groups excluding tert-OH is 1. The van der Waals surface area contributed by atoms with Crippen LogP contribution in [0.4, 0.5) is 0 Å². The van der Waals surface area contributed by atoms with E-state index in [-0.39, 0.29) is 0 Å². The molecule has 8 heteroatoms. The van der Waals surface area contributed by atoms with Crippen molar-refractivity contribution in [3.05, 3.63) is 12.7 Å². The molecule has 0 amide bonds. The maximum absolute atomic E-state index is 11.0. The van der Waals surface area contributed by atoms with E-state index in [1.165, 1.54) is 7.05 Å². The van der Waals surface area contributed by atoms with Crippen molar-refractivity contribution in [2.24, 2.45) is 0 Å². The molecule has 0 spiro atoms. The van der Waals surface area contributed by atoms with Crippen molar-refractivity contribution in [2.75, 3.05) is 13.7 Å². The molecule has 0 bridgehead atoms. The number of carbonyl (C=O) groups is 1. The summed E-state index contributed by atoms with van der Waals surface area (Å²) in [5.41, 5.74) is 0. The van der Waals surface area contributed by atoms with E-state index in [1.807, 2.05) is 0 Å². The molecule has 4 N–H and O–H groups in total. The zero-order valence-electron chi connectivity index (χ0n) is 8.15. The molecular weight excluding hydrogens is 225 g/mol. The van der Waals surface area contributed by atoms with Crippen LogP contribution in [0.5, 0.6) is 0 Å². The third kappa shape index (κ3) is 3.73. The number of hydrogen-bond donors (Lipinski definition) is 4. The minimum Gasteiger partial charge on any atom is -0.480 e. The molecule has 88 valence electrons. The molecule has 7 nitrogen and oxygen atoms in total. The number of likely N-dealkylation sites (N-methyl/N-ethyl adjacent to an activating group) is 1. The van der Waals surface area contributed by atoms with Crippen molar-refractivity contribution in [3.63, 3.8) is 0 Å². The lowest BCUT2D eigenvalue weighted by atomic mass is 10.3. The van der Waals surface area contributed by atoms with Crippen LogP contribution in [0.1, 0.15) is 0 Å². The molecule has 0 fully saturated rings. The lowest BCUT2D eigenvalue weighted by molar-refractivity contribution is -0.144. The Morgan fingerprint density at radius 3 is 2.27 bits per heavy atom. The molecule has 0 saturated carbocycles. The Balaban J connectivity index is 4.94. The fraction of sp³-hybridized carbons (Fsp3) is 0.571. The third-order valence-corrected chi connectivity index (χ3v) is 3.19. The van der Waals surface area contributed by atoms with Gasteiger partial charge < -0.3 is 20.0 Å². The van der Waals surface area contributed by atoms with Gasteiger partial charge in [-0.1, -0.05) is 6.08 Å². The van der Waals surface area contributed by atoms with Gasteiger partial charge in [0.2, 0.25) is 0 Å². The van der Waals surface area contributed by atoms with Crippen LogP contribution in [0.2, 0.25) is 0 Å². The molecule has 0 aromatic carbocycles. The highest BCUT2D eigenvalue weighted by atomic mass is 31.2. The highest BCUT2D eigenvalue weighted by molar-refractivity contribution is 7.52. The minimum absolute atomic E-state index is 0.740. The van der Waals surface area contributed by atoms with Gasteiger partial charge >= 0.3 is 13.6 Å². The molecule has 0 aliphatic heterocycles. The Hall–Kier alpha value is -0.720. The second-order valence-corrected chi connectivity index (χ2v) is 4.65. The van der Waals surface area contributed by atoms with Crippen molar-refractivity contribution in [3.8, 4) is 0 Å². The van der Waals surface area contributed by atoms with Crippen LogP contribution in [0.25, 0.3) is 0 Å². The highest BCUT2D eigenvalue weighted by Gasteiger charge is 2.36. The van der Waals surface area contributed by atoms with Crippen LogP contribution in [-0.4, -0.2) is 56.3 Å². The van der Waals surface area contributed by atoms with Crippen LogP contribution < -0.4 is 0 Å². The maximum Gasteiger partial charge on any atom is 0.346 e. The number of carboxylic acids is 1. The third-order valence-electron chi connectivity index (χ3n) is 1.92. The Kier molecular flexibility index (Phi) is 5.13. The van der Waals surface area contributed by atoms with E-state index in [4.69, 9.17) is 20.0 Å². The molecule has 0 aliphatic rings. The van der Waals surface area contributed by atoms with Crippen LogP contribution in [0.15, 0.2) is 12.7 Å². The quantitative estimate of drug-likeness (QED) is 0.348. The molecule has 0 rings (SSSR count). The van der Waals surface area contributed by atoms with Gasteiger partial charge in [-0.25, -0.2) is 0 Å². The predicted octanol–water partition coefficient (Wildman–Crippen LogP) is -0.947. The predicted molar refractivity (Wildman–Crippen MR) is 52.3 cm³/mol. The van der Waals surface area contributed by atoms with Gasteiger partial charge in [0.05, 0.1) is 6.61 Å². The van der Waals surface area contributed by atoms with Gasteiger partial charge in [-0.2, -0.15) is 0 Å². The number of aliphatic carboxylic acids is 1. The summed E-state index contributed by atoms with van der Waals surface area (Å²) in [6, 6.07) is -1.37. The SMILES string of the molecule is C=CC(N(C)C(CO)C(=O)O)P(=O)(O)O. The molecule has 0 aromatic rings. The fourth-order valence-electron chi connectivity index (χ4n) is 1.11. The first-order valence-corrected chi connectivity index (χ1v) is 5.67. The van der Waals surface area contributed by atoms with E-state index >= 15 is 0 Å². The summed E-state index contributed by atoms with van der Waals surface area (Å²) in [5.74, 6) is -2.79. The van der Waals surface area contributed by atoms with Crippen molar-refractivity contribution < 1.29 is 29.4 Å². The van der Waals surface area contributed by atoms with Crippen molar-refractivity contribution in [1.29, 1.82) is 0 Å². The Morgan fingerprint density at radius 2 is 2.07 bits per heavy atom. The van der Waals surface area contributed by atoms with E-state index in [2.05, 4.69) is 6.58 Å². The molecule has 0 heterocycles. The lowest BCUT2D eigenvalue weighted by Crippen LogP contribution is -2.46. The summed E-state index contributed by atoms with van der Waals surface area (Å²) in [7, 11) is -3.31. The van der Waals surface area contributed by atoms with E-state index in [9.17, 15) is 9.36 Å². The largest absolute Gasteiger partial charge is 0.480 e. The van der Waals surface area contributed by atoms with E-state index < -0.39 is 32.0 Å². The first kappa shape index (κ1) is 14.3. The van der Waals surface area contributed by atoms with Gasteiger partial charge in [-0.15, -0.1) is 6.58 Å². The zero-order valence-corrected chi connectivity index (χ0v) is 9.04. The van der Waals surface area contributed by atoms with Crippen LogP contribution in [0, 0.1) is 0 Å². The molecule has 2 atom stereocenters. The Morgan fingerprint density at radius 1 is 1.60 bits per heavy atom. The summed E-state index contributed by atoms with van der Waals surface area (Å²) in [5, 5.41) is 17.4. The van der Waals surface area contributed by atoms with E-state index in [0.29, 0.717) is 0 Å². The van der Waals surface area contributed by atoms with Crippen molar-refractivity contribution in [2.45, 2.75) is 11.8 Å². The zero-order chi connectivity index (χ0) is 12.2. The monoisotopic (exact) mass is 239 g/mol. The first-order chi connectivity index (χ1) is 6.75. The summed E-state index contributed by atoms with van der Waals surface area (Å²) >= 11 is 0. The van der Waals surface area contributed by atoms with E-state index in [0.717, 1.165) is 11.0 Å². The molecule has 2 unspecified atom stereocenters. The number of aliphatic hydroxyl groups is 1. The molecule has 15 heavy (non-hydrogen) atoms. The summed E-state index contributed by atoms with van der Waals surface area (Å²) < 4.78 is 11.0. The van der Waals surface area contributed by atoms with Gasteiger partial charge in [-0.05, 0) is 7.05 Å². The summed E-state index contributed by atoms with van der Waals surface area (Å²) in [6.45, 7) is 2.48.